The fourth-order valence-electron chi connectivity index (χ4n) is 3.22. The first-order valence-corrected chi connectivity index (χ1v) is 8.73. The molecule has 0 bridgehead atoms. The number of hydrogen-bond acceptors (Lipinski definition) is 5. The van der Waals surface area contributed by atoms with Crippen LogP contribution in [0.1, 0.15) is 25.1 Å². The number of anilines is 1. The lowest BCUT2D eigenvalue weighted by molar-refractivity contribution is -0.115. The van der Waals surface area contributed by atoms with E-state index in [1.165, 1.54) is 0 Å². The highest BCUT2D eigenvalue weighted by Crippen LogP contribution is 2.38. The van der Waals surface area contributed by atoms with Crippen molar-refractivity contribution in [2.75, 3.05) is 11.9 Å². The van der Waals surface area contributed by atoms with Gasteiger partial charge in [-0.25, -0.2) is 0 Å². The van der Waals surface area contributed by atoms with Crippen LogP contribution in [0.2, 0.25) is 0 Å². The molecule has 26 heavy (non-hydrogen) atoms. The number of carbonyl (C=O) groups excluding carboxylic acids is 1. The van der Waals surface area contributed by atoms with Crippen molar-refractivity contribution >= 4 is 22.6 Å². The van der Waals surface area contributed by atoms with Crippen molar-refractivity contribution in [3.05, 3.63) is 47.7 Å². The molecule has 1 amide bonds. The lowest BCUT2D eigenvalue weighted by Gasteiger charge is -2.13. The first kappa shape index (κ1) is 16.4. The molecular weight excluding hydrogens is 332 g/mol. The van der Waals surface area contributed by atoms with E-state index < -0.39 is 0 Å². The molecule has 2 heterocycles. The van der Waals surface area contributed by atoms with E-state index in [2.05, 4.69) is 10.5 Å². The summed E-state index contributed by atoms with van der Waals surface area (Å²) < 4.78 is 16.8. The fourth-order valence-corrected chi connectivity index (χ4v) is 3.22. The minimum Gasteiger partial charge on any atom is -0.492 e. The number of nitrogens with one attached hydrogen (secondary N) is 1. The predicted molar refractivity (Wildman–Crippen MR) is 97.7 cm³/mol. The van der Waals surface area contributed by atoms with Crippen molar-refractivity contribution in [2.45, 2.75) is 32.8 Å². The van der Waals surface area contributed by atoms with Crippen LogP contribution in [0.4, 0.5) is 5.69 Å². The number of ether oxygens (including phenoxy) is 2. The molecule has 0 radical (unpaired) electrons. The van der Waals surface area contributed by atoms with E-state index in [1.807, 2.05) is 50.2 Å². The second kappa shape index (κ2) is 6.71. The second-order valence-corrected chi connectivity index (χ2v) is 6.37. The van der Waals surface area contributed by atoms with Gasteiger partial charge in [-0.15, -0.1) is 0 Å². The van der Waals surface area contributed by atoms with Crippen molar-refractivity contribution in [2.24, 2.45) is 0 Å². The smallest absolute Gasteiger partial charge is 0.230 e. The first-order chi connectivity index (χ1) is 12.6. The Morgan fingerprint density at radius 1 is 1.35 bits per heavy atom. The molecule has 0 saturated heterocycles. The number of fused-ring (bicyclic) bond motifs is 2. The van der Waals surface area contributed by atoms with Crippen molar-refractivity contribution in [3.63, 3.8) is 0 Å². The van der Waals surface area contributed by atoms with Crippen LogP contribution < -0.4 is 14.8 Å². The van der Waals surface area contributed by atoms with Crippen LogP contribution in [0.25, 0.3) is 11.0 Å². The van der Waals surface area contributed by atoms with Crippen molar-refractivity contribution in [1.29, 1.82) is 0 Å². The number of aromatic nitrogens is 1. The average Bonchev–Trinajstić information content (AvgIpc) is 3.18. The Balaban J connectivity index is 1.56. The lowest BCUT2D eigenvalue weighted by Crippen LogP contribution is -2.15. The molecule has 2 aromatic carbocycles. The molecule has 3 aromatic rings. The Labute approximate surface area is 151 Å². The zero-order chi connectivity index (χ0) is 18.1. The maximum atomic E-state index is 12.6. The van der Waals surface area contributed by atoms with Gasteiger partial charge in [-0.1, -0.05) is 17.3 Å². The van der Waals surface area contributed by atoms with Gasteiger partial charge in [0.25, 0.3) is 0 Å². The molecule has 4 rings (SSSR count). The maximum Gasteiger partial charge on any atom is 0.230 e. The normalized spacial score (nSPS) is 15.5. The number of hydrogen-bond donors (Lipinski definition) is 1. The van der Waals surface area contributed by atoms with Crippen molar-refractivity contribution in [1.82, 2.24) is 5.16 Å². The van der Waals surface area contributed by atoms with E-state index in [0.717, 1.165) is 23.1 Å². The number of rotatable bonds is 5. The molecule has 6 heteroatoms. The van der Waals surface area contributed by atoms with Gasteiger partial charge >= 0.3 is 0 Å². The molecule has 1 aromatic heterocycles. The Morgan fingerprint density at radius 3 is 3.04 bits per heavy atom. The van der Waals surface area contributed by atoms with Crippen LogP contribution in [0.15, 0.2) is 40.9 Å². The van der Waals surface area contributed by atoms with Gasteiger partial charge in [-0.2, -0.15) is 0 Å². The van der Waals surface area contributed by atoms with Gasteiger partial charge in [0.1, 0.15) is 23.3 Å². The summed E-state index contributed by atoms with van der Waals surface area (Å²) in [6.45, 7) is 4.46. The summed E-state index contributed by atoms with van der Waals surface area (Å²) in [4.78, 5) is 12.6. The highest BCUT2D eigenvalue weighted by molar-refractivity contribution is 5.96. The Hall–Kier alpha value is -3.02. The van der Waals surface area contributed by atoms with Gasteiger partial charge < -0.3 is 19.3 Å². The van der Waals surface area contributed by atoms with Gasteiger partial charge in [0.2, 0.25) is 5.91 Å². The quantitative estimate of drug-likeness (QED) is 0.757. The summed E-state index contributed by atoms with van der Waals surface area (Å²) in [7, 11) is 0. The molecule has 6 nitrogen and oxygen atoms in total. The molecule has 1 N–H and O–H groups in total. The molecule has 0 saturated carbocycles. The number of amides is 1. The van der Waals surface area contributed by atoms with Crippen LogP contribution in [-0.4, -0.2) is 23.8 Å². The molecular formula is C20H20N2O4. The van der Waals surface area contributed by atoms with Crippen molar-refractivity contribution in [3.8, 4) is 11.5 Å². The Kier molecular flexibility index (Phi) is 4.24. The van der Waals surface area contributed by atoms with Gasteiger partial charge in [-0.3, -0.25) is 4.79 Å². The highest BCUT2D eigenvalue weighted by atomic mass is 16.5. The summed E-state index contributed by atoms with van der Waals surface area (Å²) in [6, 6.07) is 11.3. The number of carbonyl (C=O) groups is 1. The van der Waals surface area contributed by atoms with Gasteiger partial charge in [0, 0.05) is 23.4 Å². The molecule has 1 aliphatic heterocycles. The van der Waals surface area contributed by atoms with Crippen LogP contribution in [-0.2, 0) is 17.6 Å². The van der Waals surface area contributed by atoms with Gasteiger partial charge in [-0.05, 0) is 32.0 Å². The second-order valence-electron chi connectivity index (χ2n) is 6.37. The third kappa shape index (κ3) is 3.10. The summed E-state index contributed by atoms with van der Waals surface area (Å²) in [6.07, 6.45) is 1.10. The monoisotopic (exact) mass is 352 g/mol. The number of para-hydroxylation sites is 1. The van der Waals surface area contributed by atoms with Crippen LogP contribution in [0.5, 0.6) is 11.5 Å². The molecule has 1 atom stereocenters. The van der Waals surface area contributed by atoms with E-state index in [-0.39, 0.29) is 18.4 Å². The summed E-state index contributed by atoms with van der Waals surface area (Å²) in [5.41, 5.74) is 2.99. The minimum atomic E-state index is -0.184. The van der Waals surface area contributed by atoms with Crippen LogP contribution in [0.3, 0.4) is 0 Å². The lowest BCUT2D eigenvalue weighted by atomic mass is 10.1. The molecule has 0 fully saturated rings. The SMILES string of the molecule is CCOc1cc2c(cc1NC(=O)Cc1noc3ccccc13)OC(C)C2. The Bertz CT molecular complexity index is 964. The first-order valence-electron chi connectivity index (χ1n) is 8.73. The predicted octanol–water partition coefficient (Wildman–Crippen LogP) is 3.73. The molecule has 0 aliphatic carbocycles. The Morgan fingerprint density at radius 2 is 2.19 bits per heavy atom. The van der Waals surface area contributed by atoms with E-state index in [9.17, 15) is 4.79 Å². The van der Waals surface area contributed by atoms with Gasteiger partial charge in [0.05, 0.1) is 18.7 Å². The zero-order valence-electron chi connectivity index (χ0n) is 14.7. The summed E-state index contributed by atoms with van der Waals surface area (Å²) >= 11 is 0. The number of nitrogens with zero attached hydrogens (tertiary/aromatic N) is 1. The third-order valence-corrected chi connectivity index (χ3v) is 4.35. The summed E-state index contributed by atoms with van der Waals surface area (Å²) in [5, 5.41) is 7.78. The molecule has 0 spiro atoms. The van der Waals surface area contributed by atoms with Crippen LogP contribution >= 0.6 is 0 Å². The van der Waals surface area contributed by atoms with Crippen LogP contribution in [0, 0.1) is 0 Å². The fraction of sp³-hybridized carbons (Fsp3) is 0.300. The highest BCUT2D eigenvalue weighted by Gasteiger charge is 2.23. The van der Waals surface area contributed by atoms with E-state index in [4.69, 9.17) is 14.0 Å². The van der Waals surface area contributed by atoms with E-state index in [0.29, 0.717) is 29.3 Å². The summed E-state index contributed by atoms with van der Waals surface area (Å²) in [5.74, 6) is 1.27. The third-order valence-electron chi connectivity index (χ3n) is 4.35. The van der Waals surface area contributed by atoms with E-state index in [1.54, 1.807) is 0 Å². The zero-order valence-corrected chi connectivity index (χ0v) is 14.7. The van der Waals surface area contributed by atoms with Crippen molar-refractivity contribution < 1.29 is 18.8 Å². The minimum absolute atomic E-state index is 0.122. The average molecular weight is 352 g/mol. The molecule has 1 aliphatic rings. The standard InChI is InChI=1S/C20H20N2O4/c1-3-24-19-9-13-8-12(2)25-18(13)10-16(19)21-20(23)11-15-14-6-4-5-7-17(14)26-22-15/h4-7,9-10,12H,3,8,11H2,1-2H3,(H,21,23). The molecule has 1 unspecified atom stereocenters. The van der Waals surface area contributed by atoms with E-state index >= 15 is 0 Å². The molecule has 134 valence electrons. The maximum absolute atomic E-state index is 12.6. The van der Waals surface area contributed by atoms with Gasteiger partial charge in [0.15, 0.2) is 5.58 Å². The largest absolute Gasteiger partial charge is 0.492 e. The number of benzene rings is 2. The topological polar surface area (TPSA) is 73.6 Å².